The molecule has 4 rings (SSSR count). The second-order valence-corrected chi connectivity index (χ2v) is 6.29. The predicted molar refractivity (Wildman–Crippen MR) is 61.9 cm³/mol. The molecule has 0 radical (unpaired) electrons. The molecule has 4 fully saturated rings. The molecule has 14 heavy (non-hydrogen) atoms. The van der Waals surface area contributed by atoms with Gasteiger partial charge in [-0.3, -0.25) is 0 Å². The van der Waals surface area contributed by atoms with Crippen molar-refractivity contribution in [3.8, 4) is 0 Å². The van der Waals surface area contributed by atoms with Crippen LogP contribution in [0.15, 0.2) is 0 Å². The highest BCUT2D eigenvalue weighted by Crippen LogP contribution is 2.57. The van der Waals surface area contributed by atoms with E-state index in [9.17, 15) is 0 Å². The minimum absolute atomic E-state index is 0.752. The molecule has 1 nitrogen and oxygen atoms in total. The van der Waals surface area contributed by atoms with Gasteiger partial charge in [-0.15, -0.1) is 0 Å². The fourth-order valence-electron chi connectivity index (χ4n) is 4.60. The summed E-state index contributed by atoms with van der Waals surface area (Å²) in [6.45, 7) is 0. The molecule has 0 aliphatic heterocycles. The van der Waals surface area contributed by atoms with Crippen LogP contribution in [0.2, 0.25) is 0 Å². The van der Waals surface area contributed by atoms with Crippen LogP contribution in [-0.2, 0) is 0 Å². The van der Waals surface area contributed by atoms with Crippen molar-refractivity contribution in [2.75, 3.05) is 0 Å². The van der Waals surface area contributed by atoms with Crippen molar-refractivity contribution in [3.63, 3.8) is 0 Å². The van der Waals surface area contributed by atoms with Crippen LogP contribution in [-0.4, -0.2) is 4.99 Å². The Bertz CT molecular complexity index is 233. The van der Waals surface area contributed by atoms with Crippen molar-refractivity contribution in [1.29, 1.82) is 0 Å². The summed E-state index contributed by atoms with van der Waals surface area (Å²) in [4.78, 5) is 0.752. The maximum Gasteiger partial charge on any atom is 0.0730 e. The summed E-state index contributed by atoms with van der Waals surface area (Å²) in [5, 5.41) is 0. The van der Waals surface area contributed by atoms with E-state index in [0.29, 0.717) is 0 Å². The Morgan fingerprint density at radius 3 is 1.93 bits per heavy atom. The Morgan fingerprint density at radius 1 is 1.00 bits per heavy atom. The van der Waals surface area contributed by atoms with Crippen LogP contribution < -0.4 is 5.73 Å². The summed E-state index contributed by atoms with van der Waals surface area (Å²) in [6.07, 6.45) is 8.51. The Kier molecular flexibility index (Phi) is 2.08. The van der Waals surface area contributed by atoms with Gasteiger partial charge in [-0.2, -0.15) is 0 Å². The minimum Gasteiger partial charge on any atom is -0.393 e. The van der Waals surface area contributed by atoms with Gasteiger partial charge in [-0.1, -0.05) is 12.2 Å². The molecule has 0 spiro atoms. The smallest absolute Gasteiger partial charge is 0.0730 e. The topological polar surface area (TPSA) is 26.0 Å². The molecule has 78 valence electrons. The van der Waals surface area contributed by atoms with Gasteiger partial charge in [-0.05, 0) is 61.7 Å². The lowest BCUT2D eigenvalue weighted by Crippen LogP contribution is -2.46. The maximum atomic E-state index is 5.70. The molecule has 0 aromatic heterocycles. The molecule has 0 aromatic carbocycles. The first-order valence-electron chi connectivity index (χ1n) is 6.00. The second kappa shape index (κ2) is 3.19. The summed E-state index contributed by atoms with van der Waals surface area (Å²) in [6, 6.07) is 0. The molecule has 2 heteroatoms. The molecular weight excluding hydrogens is 190 g/mol. The molecule has 4 aliphatic rings. The minimum atomic E-state index is 0.752. The van der Waals surface area contributed by atoms with Crippen molar-refractivity contribution < 1.29 is 0 Å². The Balaban J connectivity index is 1.77. The summed E-state index contributed by atoms with van der Waals surface area (Å²) in [5.74, 6) is 4.96. The average molecular weight is 209 g/mol. The zero-order valence-electron chi connectivity index (χ0n) is 8.61. The summed E-state index contributed by atoms with van der Waals surface area (Å²) < 4.78 is 0. The van der Waals surface area contributed by atoms with Gasteiger partial charge >= 0.3 is 0 Å². The monoisotopic (exact) mass is 209 g/mol. The highest BCUT2D eigenvalue weighted by molar-refractivity contribution is 7.80. The fraction of sp³-hybridized carbons (Fsp3) is 0.917. The van der Waals surface area contributed by atoms with Crippen LogP contribution in [0.3, 0.4) is 0 Å². The molecule has 0 aromatic rings. The molecule has 0 unspecified atom stereocenters. The fourth-order valence-corrected chi connectivity index (χ4v) is 4.80. The number of hydrogen-bond donors (Lipinski definition) is 1. The zero-order valence-corrected chi connectivity index (χ0v) is 9.43. The van der Waals surface area contributed by atoms with Gasteiger partial charge < -0.3 is 5.73 Å². The third-order valence-corrected chi connectivity index (χ3v) is 5.03. The van der Waals surface area contributed by atoms with E-state index in [4.69, 9.17) is 18.0 Å². The van der Waals surface area contributed by atoms with Crippen molar-refractivity contribution in [1.82, 2.24) is 0 Å². The number of nitrogens with two attached hydrogens (primary N) is 1. The van der Waals surface area contributed by atoms with E-state index in [-0.39, 0.29) is 0 Å². The molecule has 4 saturated carbocycles. The third kappa shape index (κ3) is 1.39. The highest BCUT2D eigenvalue weighted by Gasteiger charge is 2.47. The quantitative estimate of drug-likeness (QED) is 0.708. The SMILES string of the molecule is NC(=S)CC1C2CC3CC(C2)CC1C3. The van der Waals surface area contributed by atoms with E-state index in [1.807, 2.05) is 0 Å². The van der Waals surface area contributed by atoms with Gasteiger partial charge in [0, 0.05) is 6.42 Å². The average Bonchev–Trinajstić information content (AvgIpc) is 2.09. The largest absolute Gasteiger partial charge is 0.393 e. The molecule has 0 amide bonds. The molecule has 4 bridgehead atoms. The third-order valence-electron chi connectivity index (χ3n) is 4.86. The number of hydrogen-bond acceptors (Lipinski definition) is 1. The second-order valence-electron chi connectivity index (χ2n) is 5.77. The first-order chi connectivity index (χ1) is 6.72. The maximum absolute atomic E-state index is 5.70. The Morgan fingerprint density at radius 2 is 1.50 bits per heavy atom. The first-order valence-corrected chi connectivity index (χ1v) is 6.41. The van der Waals surface area contributed by atoms with Crippen LogP contribution in [0.4, 0.5) is 0 Å². The van der Waals surface area contributed by atoms with Crippen LogP contribution in [0, 0.1) is 29.6 Å². The van der Waals surface area contributed by atoms with Crippen LogP contribution in [0.25, 0.3) is 0 Å². The van der Waals surface area contributed by atoms with Gasteiger partial charge in [0.15, 0.2) is 0 Å². The van der Waals surface area contributed by atoms with Crippen molar-refractivity contribution in [2.24, 2.45) is 35.3 Å². The number of rotatable bonds is 2. The van der Waals surface area contributed by atoms with Gasteiger partial charge in [0.25, 0.3) is 0 Å². The Labute approximate surface area is 91.4 Å². The lowest BCUT2D eigenvalue weighted by molar-refractivity contribution is -0.0330. The van der Waals surface area contributed by atoms with Crippen LogP contribution in [0.5, 0.6) is 0 Å². The van der Waals surface area contributed by atoms with Crippen LogP contribution in [0.1, 0.15) is 38.5 Å². The highest BCUT2D eigenvalue weighted by atomic mass is 32.1. The van der Waals surface area contributed by atoms with E-state index in [0.717, 1.165) is 41.0 Å². The van der Waals surface area contributed by atoms with Crippen LogP contribution >= 0.6 is 12.2 Å². The molecule has 0 saturated heterocycles. The van der Waals surface area contributed by atoms with Gasteiger partial charge in [-0.25, -0.2) is 0 Å². The molecule has 0 heterocycles. The van der Waals surface area contributed by atoms with E-state index >= 15 is 0 Å². The van der Waals surface area contributed by atoms with Crippen molar-refractivity contribution >= 4 is 17.2 Å². The molecule has 4 aliphatic carbocycles. The first kappa shape index (κ1) is 9.14. The summed E-state index contributed by atoms with van der Waals surface area (Å²) in [7, 11) is 0. The van der Waals surface area contributed by atoms with Crippen molar-refractivity contribution in [2.45, 2.75) is 38.5 Å². The molecule has 0 atom stereocenters. The molecular formula is C12H19NS. The van der Waals surface area contributed by atoms with E-state index < -0.39 is 0 Å². The number of thiocarbonyl (C=S) groups is 1. The van der Waals surface area contributed by atoms with Gasteiger partial charge in [0.05, 0.1) is 4.99 Å². The molecule has 2 N–H and O–H groups in total. The van der Waals surface area contributed by atoms with E-state index in [2.05, 4.69) is 0 Å². The van der Waals surface area contributed by atoms with Gasteiger partial charge in [0.1, 0.15) is 0 Å². The lowest BCUT2D eigenvalue weighted by Gasteiger charge is -2.54. The zero-order chi connectivity index (χ0) is 9.71. The Hall–Kier alpha value is -0.110. The standard InChI is InChI=1S/C12H19NS/c13-12(14)6-11-9-2-7-1-8(4-9)5-10(11)3-7/h7-11H,1-6H2,(H2,13,14). The van der Waals surface area contributed by atoms with Crippen molar-refractivity contribution in [3.05, 3.63) is 0 Å². The van der Waals surface area contributed by atoms with Gasteiger partial charge in [0.2, 0.25) is 0 Å². The normalized spacial score (nSPS) is 49.6. The summed E-state index contributed by atoms with van der Waals surface area (Å²) >= 11 is 5.07. The van der Waals surface area contributed by atoms with E-state index in [1.165, 1.54) is 32.1 Å². The summed E-state index contributed by atoms with van der Waals surface area (Å²) in [5.41, 5.74) is 5.70. The lowest BCUT2D eigenvalue weighted by atomic mass is 9.51. The van der Waals surface area contributed by atoms with E-state index in [1.54, 1.807) is 0 Å². The predicted octanol–water partition coefficient (Wildman–Crippen LogP) is 2.73.